The molecule has 0 spiro atoms. The van der Waals surface area contributed by atoms with Gasteiger partial charge in [-0.3, -0.25) is 0 Å². The summed E-state index contributed by atoms with van der Waals surface area (Å²) >= 11 is 1.89. The van der Waals surface area contributed by atoms with E-state index in [1.807, 2.05) is 11.8 Å². The highest BCUT2D eigenvalue weighted by atomic mass is 32.2. The van der Waals surface area contributed by atoms with Crippen LogP contribution in [0.15, 0.2) is 29.2 Å². The van der Waals surface area contributed by atoms with Gasteiger partial charge in [-0.15, -0.1) is 11.8 Å². The number of benzene rings is 1. The van der Waals surface area contributed by atoms with Crippen LogP contribution < -0.4 is 10.6 Å². The zero-order valence-corrected chi connectivity index (χ0v) is 12.3. The zero-order chi connectivity index (χ0) is 13.0. The smallest absolute Gasteiger partial charge is 0.0364 e. The van der Waals surface area contributed by atoms with Crippen molar-refractivity contribution in [2.45, 2.75) is 31.1 Å². The van der Waals surface area contributed by atoms with Gasteiger partial charge in [0.25, 0.3) is 0 Å². The third-order valence-electron chi connectivity index (χ3n) is 4.01. The Morgan fingerprint density at radius 3 is 2.39 bits per heavy atom. The highest BCUT2D eigenvalue weighted by Crippen LogP contribution is 2.41. The number of anilines is 1. The maximum atomic E-state index is 5.93. The van der Waals surface area contributed by atoms with E-state index in [9.17, 15) is 0 Å². The molecule has 2 nitrogen and oxygen atoms in total. The van der Waals surface area contributed by atoms with Crippen LogP contribution in [0.1, 0.15) is 26.2 Å². The van der Waals surface area contributed by atoms with Crippen LogP contribution in [-0.4, -0.2) is 25.9 Å². The van der Waals surface area contributed by atoms with E-state index >= 15 is 0 Å². The molecule has 0 radical (unpaired) electrons. The van der Waals surface area contributed by atoms with E-state index in [1.54, 1.807) is 0 Å². The maximum Gasteiger partial charge on any atom is 0.0364 e. The molecule has 0 bridgehead atoms. The molecule has 1 aromatic rings. The fourth-order valence-electron chi connectivity index (χ4n) is 2.66. The lowest BCUT2D eigenvalue weighted by Gasteiger charge is -2.44. The van der Waals surface area contributed by atoms with Crippen LogP contribution in [0.2, 0.25) is 0 Å². The Morgan fingerprint density at radius 2 is 1.94 bits per heavy atom. The quantitative estimate of drug-likeness (QED) is 0.799. The van der Waals surface area contributed by atoms with Gasteiger partial charge in [0.1, 0.15) is 0 Å². The van der Waals surface area contributed by atoms with Crippen molar-refractivity contribution in [2.24, 2.45) is 11.1 Å². The summed E-state index contributed by atoms with van der Waals surface area (Å²) in [5, 5.41) is 0. The maximum absolute atomic E-state index is 5.93. The number of rotatable bonds is 6. The van der Waals surface area contributed by atoms with Crippen molar-refractivity contribution < 1.29 is 0 Å². The summed E-state index contributed by atoms with van der Waals surface area (Å²) in [4.78, 5) is 3.71. The van der Waals surface area contributed by atoms with E-state index in [0.717, 1.165) is 18.8 Å². The lowest BCUT2D eigenvalue weighted by Crippen LogP contribution is -2.46. The number of hydrogen-bond acceptors (Lipinski definition) is 3. The molecule has 0 aromatic heterocycles. The lowest BCUT2D eigenvalue weighted by molar-refractivity contribution is 0.154. The summed E-state index contributed by atoms with van der Waals surface area (Å²) in [5.74, 6) is 1.13. The molecule has 18 heavy (non-hydrogen) atoms. The largest absolute Gasteiger partial charge is 0.374 e. The van der Waals surface area contributed by atoms with Crippen LogP contribution in [-0.2, 0) is 0 Å². The van der Waals surface area contributed by atoms with Crippen LogP contribution in [0.25, 0.3) is 0 Å². The standard InChI is InChI=1S/C15H24N2S/c1-3-18-14-7-5-13(6-8-14)17(2)12-15(11-16)9-4-10-15/h5-8H,3-4,9-12,16H2,1-2H3. The van der Waals surface area contributed by atoms with Gasteiger partial charge in [0.2, 0.25) is 0 Å². The van der Waals surface area contributed by atoms with Crippen molar-refractivity contribution in [2.75, 3.05) is 30.8 Å². The topological polar surface area (TPSA) is 29.3 Å². The van der Waals surface area contributed by atoms with Crippen molar-refractivity contribution in [1.82, 2.24) is 0 Å². The van der Waals surface area contributed by atoms with Gasteiger partial charge in [-0.05, 0) is 49.4 Å². The fourth-order valence-corrected chi connectivity index (χ4v) is 3.32. The Hall–Kier alpha value is -0.670. The Morgan fingerprint density at radius 1 is 1.28 bits per heavy atom. The molecule has 1 aliphatic rings. The van der Waals surface area contributed by atoms with Crippen molar-refractivity contribution in [3.8, 4) is 0 Å². The van der Waals surface area contributed by atoms with Gasteiger partial charge in [-0.25, -0.2) is 0 Å². The van der Waals surface area contributed by atoms with Crippen molar-refractivity contribution in [3.05, 3.63) is 24.3 Å². The van der Waals surface area contributed by atoms with Crippen LogP contribution in [0.3, 0.4) is 0 Å². The van der Waals surface area contributed by atoms with Gasteiger partial charge in [-0.1, -0.05) is 13.3 Å². The fraction of sp³-hybridized carbons (Fsp3) is 0.600. The summed E-state index contributed by atoms with van der Waals surface area (Å²) < 4.78 is 0. The molecule has 0 heterocycles. The van der Waals surface area contributed by atoms with Gasteiger partial charge in [0.05, 0.1) is 0 Å². The molecule has 1 aliphatic carbocycles. The second kappa shape index (κ2) is 5.98. The van der Waals surface area contributed by atoms with E-state index in [2.05, 4.69) is 43.1 Å². The number of thioether (sulfide) groups is 1. The summed E-state index contributed by atoms with van der Waals surface area (Å²) in [7, 11) is 2.18. The molecule has 2 N–H and O–H groups in total. The van der Waals surface area contributed by atoms with Gasteiger partial charge in [0.15, 0.2) is 0 Å². The van der Waals surface area contributed by atoms with Crippen LogP contribution in [0, 0.1) is 5.41 Å². The highest BCUT2D eigenvalue weighted by molar-refractivity contribution is 7.99. The average Bonchev–Trinajstić information content (AvgIpc) is 2.35. The summed E-state index contributed by atoms with van der Waals surface area (Å²) in [6.45, 7) is 4.09. The first kappa shape index (κ1) is 13.8. The normalized spacial score (nSPS) is 17.3. The highest BCUT2D eigenvalue weighted by Gasteiger charge is 2.36. The van der Waals surface area contributed by atoms with Gasteiger partial charge >= 0.3 is 0 Å². The zero-order valence-electron chi connectivity index (χ0n) is 11.5. The number of nitrogens with two attached hydrogens (primary N) is 1. The molecule has 100 valence electrons. The Labute approximate surface area is 115 Å². The predicted molar refractivity (Wildman–Crippen MR) is 81.4 cm³/mol. The first-order valence-electron chi connectivity index (χ1n) is 6.83. The molecule has 1 aromatic carbocycles. The second-order valence-corrected chi connectivity index (χ2v) is 6.68. The molecule has 0 amide bonds. The summed E-state index contributed by atoms with van der Waals surface area (Å²) in [5.41, 5.74) is 7.61. The third kappa shape index (κ3) is 3.01. The van der Waals surface area contributed by atoms with E-state index in [4.69, 9.17) is 5.73 Å². The molecule has 0 atom stereocenters. The lowest BCUT2D eigenvalue weighted by atomic mass is 9.68. The van der Waals surface area contributed by atoms with Crippen LogP contribution in [0.5, 0.6) is 0 Å². The van der Waals surface area contributed by atoms with Crippen molar-refractivity contribution in [3.63, 3.8) is 0 Å². The summed E-state index contributed by atoms with van der Waals surface area (Å²) in [6.07, 6.45) is 3.92. The molecule has 0 saturated heterocycles. The Bertz CT molecular complexity index is 365. The molecule has 0 aliphatic heterocycles. The first-order chi connectivity index (χ1) is 8.69. The van der Waals surface area contributed by atoms with Gasteiger partial charge in [0, 0.05) is 29.6 Å². The predicted octanol–water partition coefficient (Wildman–Crippen LogP) is 3.36. The minimum absolute atomic E-state index is 0.381. The van der Waals surface area contributed by atoms with Crippen LogP contribution in [0.4, 0.5) is 5.69 Å². The molecule has 3 heteroatoms. The molecule has 0 unspecified atom stereocenters. The molecular formula is C15H24N2S. The monoisotopic (exact) mass is 264 g/mol. The number of hydrogen-bond donors (Lipinski definition) is 1. The summed E-state index contributed by atoms with van der Waals surface area (Å²) in [6, 6.07) is 8.88. The van der Waals surface area contributed by atoms with Crippen LogP contribution >= 0.6 is 11.8 Å². The Kier molecular flexibility index (Phi) is 4.57. The molecule has 1 fully saturated rings. The molecule has 1 saturated carbocycles. The number of nitrogens with zero attached hydrogens (tertiary/aromatic N) is 1. The Balaban J connectivity index is 1.97. The minimum Gasteiger partial charge on any atom is -0.374 e. The van der Waals surface area contributed by atoms with Gasteiger partial charge in [-0.2, -0.15) is 0 Å². The molecule has 2 rings (SSSR count). The van der Waals surface area contributed by atoms with E-state index < -0.39 is 0 Å². The van der Waals surface area contributed by atoms with Crippen molar-refractivity contribution >= 4 is 17.4 Å². The van der Waals surface area contributed by atoms with Crippen molar-refractivity contribution in [1.29, 1.82) is 0 Å². The van der Waals surface area contributed by atoms with Gasteiger partial charge < -0.3 is 10.6 Å². The first-order valence-corrected chi connectivity index (χ1v) is 7.82. The van der Waals surface area contributed by atoms with E-state index in [-0.39, 0.29) is 0 Å². The molecular weight excluding hydrogens is 240 g/mol. The second-order valence-electron chi connectivity index (χ2n) is 5.34. The minimum atomic E-state index is 0.381. The SMILES string of the molecule is CCSc1ccc(N(C)CC2(CN)CCC2)cc1. The van der Waals surface area contributed by atoms with E-state index in [0.29, 0.717) is 5.41 Å². The third-order valence-corrected chi connectivity index (χ3v) is 4.90. The average molecular weight is 264 g/mol. The van der Waals surface area contributed by atoms with E-state index in [1.165, 1.54) is 29.8 Å².